The molecule has 0 saturated carbocycles. The van der Waals surface area contributed by atoms with Crippen LogP contribution in [0, 0.1) is 29.1 Å². The molecular formula is C14H15F5O5. The zero-order valence-corrected chi connectivity index (χ0v) is 12.7. The molecule has 0 amide bonds. The van der Waals surface area contributed by atoms with E-state index in [4.69, 9.17) is 14.2 Å². The van der Waals surface area contributed by atoms with Crippen LogP contribution < -0.4 is 4.74 Å². The Labute approximate surface area is 134 Å². The van der Waals surface area contributed by atoms with Gasteiger partial charge in [-0.05, 0) is 0 Å². The van der Waals surface area contributed by atoms with Gasteiger partial charge >= 0.3 is 5.97 Å². The number of ether oxygens (including phenoxy) is 4. The van der Waals surface area contributed by atoms with Gasteiger partial charge in [0.1, 0.15) is 0 Å². The summed E-state index contributed by atoms with van der Waals surface area (Å²) in [5.41, 5.74) is 0. The summed E-state index contributed by atoms with van der Waals surface area (Å²) >= 11 is 0. The van der Waals surface area contributed by atoms with Gasteiger partial charge in [-0.2, -0.15) is 8.78 Å². The third-order valence-corrected chi connectivity index (χ3v) is 2.64. The molecule has 0 aliphatic carbocycles. The average molecular weight is 358 g/mol. The number of carbonyl (C=O) groups is 1. The highest BCUT2D eigenvalue weighted by atomic mass is 19.2. The van der Waals surface area contributed by atoms with Crippen LogP contribution in [0.4, 0.5) is 22.0 Å². The van der Waals surface area contributed by atoms with Crippen molar-refractivity contribution in [1.29, 1.82) is 0 Å². The van der Waals surface area contributed by atoms with E-state index in [-0.39, 0.29) is 19.8 Å². The van der Waals surface area contributed by atoms with E-state index in [0.29, 0.717) is 13.2 Å². The molecular weight excluding hydrogens is 343 g/mol. The molecule has 0 aliphatic rings. The highest BCUT2D eigenvalue weighted by Crippen LogP contribution is 2.29. The number of halogens is 5. The van der Waals surface area contributed by atoms with Gasteiger partial charge in [-0.25, -0.2) is 13.2 Å². The zero-order valence-electron chi connectivity index (χ0n) is 12.7. The van der Waals surface area contributed by atoms with Gasteiger partial charge in [-0.15, -0.1) is 0 Å². The van der Waals surface area contributed by atoms with Crippen molar-refractivity contribution in [2.75, 3.05) is 40.1 Å². The van der Waals surface area contributed by atoms with Crippen molar-refractivity contribution in [1.82, 2.24) is 0 Å². The van der Waals surface area contributed by atoms with Gasteiger partial charge in [0.15, 0.2) is 0 Å². The third kappa shape index (κ3) is 5.69. The Morgan fingerprint density at radius 1 is 0.750 bits per heavy atom. The Bertz CT molecular complexity index is 538. The van der Waals surface area contributed by atoms with E-state index in [2.05, 4.69) is 4.74 Å². The second kappa shape index (κ2) is 10.2. The lowest BCUT2D eigenvalue weighted by Gasteiger charge is -2.09. The Kier molecular flexibility index (Phi) is 8.58. The summed E-state index contributed by atoms with van der Waals surface area (Å²) in [7, 11) is 1.51. The summed E-state index contributed by atoms with van der Waals surface area (Å²) in [4.78, 5) is 11.4. The van der Waals surface area contributed by atoms with Gasteiger partial charge in [-0.1, -0.05) is 0 Å². The van der Waals surface area contributed by atoms with Gasteiger partial charge in [0, 0.05) is 7.11 Å². The fraction of sp³-hybridized carbons (Fsp3) is 0.500. The quantitative estimate of drug-likeness (QED) is 0.161. The van der Waals surface area contributed by atoms with Crippen molar-refractivity contribution in [2.24, 2.45) is 0 Å². The molecule has 1 rings (SSSR count). The minimum atomic E-state index is -2.33. The minimum absolute atomic E-state index is 0.138. The van der Waals surface area contributed by atoms with Crippen LogP contribution in [0.2, 0.25) is 0 Å². The van der Waals surface area contributed by atoms with E-state index in [0.717, 1.165) is 0 Å². The van der Waals surface area contributed by atoms with E-state index in [1.54, 1.807) is 0 Å². The predicted octanol–water partition coefficient (Wildman–Crippen LogP) is 2.36. The highest BCUT2D eigenvalue weighted by Gasteiger charge is 2.28. The summed E-state index contributed by atoms with van der Waals surface area (Å²) in [6, 6.07) is 0. The Morgan fingerprint density at radius 3 is 1.75 bits per heavy atom. The van der Waals surface area contributed by atoms with Gasteiger partial charge in [0.05, 0.1) is 39.5 Å². The van der Waals surface area contributed by atoms with E-state index >= 15 is 0 Å². The van der Waals surface area contributed by atoms with Crippen LogP contribution in [-0.4, -0.2) is 46.1 Å². The van der Waals surface area contributed by atoms with Crippen LogP contribution in [0.1, 0.15) is 6.42 Å². The van der Waals surface area contributed by atoms with Crippen molar-refractivity contribution in [3.8, 4) is 5.75 Å². The number of rotatable bonds is 10. The maximum atomic E-state index is 13.3. The molecule has 136 valence electrons. The second-order valence-electron chi connectivity index (χ2n) is 4.34. The largest absolute Gasteiger partial charge is 0.420 e. The van der Waals surface area contributed by atoms with Crippen LogP contribution in [0.25, 0.3) is 0 Å². The van der Waals surface area contributed by atoms with Crippen molar-refractivity contribution in [2.45, 2.75) is 6.42 Å². The first-order valence-electron chi connectivity index (χ1n) is 6.76. The summed E-state index contributed by atoms with van der Waals surface area (Å²) in [6.45, 7) is 0.966. The van der Waals surface area contributed by atoms with Crippen LogP contribution in [0.5, 0.6) is 5.75 Å². The number of hydrogen-bond donors (Lipinski definition) is 0. The Morgan fingerprint density at radius 2 is 1.21 bits per heavy atom. The molecule has 0 spiro atoms. The van der Waals surface area contributed by atoms with Crippen molar-refractivity contribution < 1.29 is 45.7 Å². The number of esters is 1. The molecule has 0 radical (unpaired) electrons. The number of hydrogen-bond acceptors (Lipinski definition) is 5. The van der Waals surface area contributed by atoms with Crippen LogP contribution in [0.3, 0.4) is 0 Å². The van der Waals surface area contributed by atoms with E-state index in [1.165, 1.54) is 7.11 Å². The summed E-state index contributed by atoms with van der Waals surface area (Å²) in [5.74, 6) is -14.0. The highest BCUT2D eigenvalue weighted by molar-refractivity contribution is 5.72. The zero-order chi connectivity index (χ0) is 18.1. The lowest BCUT2D eigenvalue weighted by Crippen LogP contribution is -2.16. The molecule has 1 aromatic carbocycles. The van der Waals surface area contributed by atoms with Crippen LogP contribution >= 0.6 is 0 Å². The van der Waals surface area contributed by atoms with Gasteiger partial charge in [0.2, 0.25) is 34.8 Å². The van der Waals surface area contributed by atoms with Gasteiger partial charge in [0.25, 0.3) is 0 Å². The number of methoxy groups -OCH3 is 1. The molecule has 0 aromatic heterocycles. The molecule has 0 N–H and O–H groups in total. The fourth-order valence-corrected chi connectivity index (χ4v) is 1.46. The van der Waals surface area contributed by atoms with Gasteiger partial charge < -0.3 is 18.9 Å². The monoisotopic (exact) mass is 358 g/mol. The molecule has 0 bridgehead atoms. The maximum Gasteiger partial charge on any atom is 0.313 e. The van der Waals surface area contributed by atoms with E-state index < -0.39 is 47.2 Å². The Hall–Kier alpha value is -1.78. The van der Waals surface area contributed by atoms with Crippen molar-refractivity contribution in [3.05, 3.63) is 29.1 Å². The molecule has 1 aromatic rings. The van der Waals surface area contributed by atoms with Crippen molar-refractivity contribution >= 4 is 5.97 Å². The first kappa shape index (κ1) is 20.3. The second-order valence-corrected chi connectivity index (χ2v) is 4.34. The molecule has 24 heavy (non-hydrogen) atoms. The molecule has 0 heterocycles. The molecule has 0 saturated heterocycles. The standard InChI is InChI=1S/C14H15F5O5/c1-21-4-5-23-7-6-22-3-2-8(20)24-14-12(18)10(16)9(15)11(17)13(14)19/h2-7H2,1H3. The molecule has 0 unspecified atom stereocenters. The number of benzene rings is 1. The van der Waals surface area contributed by atoms with E-state index in [1.807, 2.05) is 0 Å². The predicted molar refractivity (Wildman–Crippen MR) is 70.0 cm³/mol. The first-order chi connectivity index (χ1) is 11.4. The summed E-state index contributed by atoms with van der Waals surface area (Å²) in [6.07, 6.45) is -0.447. The third-order valence-electron chi connectivity index (χ3n) is 2.64. The average Bonchev–Trinajstić information content (AvgIpc) is 2.57. The van der Waals surface area contributed by atoms with Gasteiger partial charge in [-0.3, -0.25) is 4.79 Å². The summed E-state index contributed by atoms with van der Waals surface area (Å²) in [5, 5.41) is 0. The van der Waals surface area contributed by atoms with E-state index in [9.17, 15) is 26.7 Å². The minimum Gasteiger partial charge on any atom is -0.420 e. The maximum absolute atomic E-state index is 13.3. The Balaban J connectivity index is 2.41. The fourth-order valence-electron chi connectivity index (χ4n) is 1.46. The molecule has 10 heteroatoms. The van der Waals surface area contributed by atoms with Crippen LogP contribution in [-0.2, 0) is 19.0 Å². The SMILES string of the molecule is COCCOCCOCCC(=O)Oc1c(F)c(F)c(F)c(F)c1F. The number of carbonyl (C=O) groups excluding carboxylic acids is 1. The van der Waals surface area contributed by atoms with Crippen molar-refractivity contribution in [3.63, 3.8) is 0 Å². The van der Waals surface area contributed by atoms with Crippen LogP contribution in [0.15, 0.2) is 0 Å². The summed E-state index contributed by atoms with van der Waals surface area (Å²) < 4.78 is 84.3. The molecule has 0 fully saturated rings. The molecule has 0 aliphatic heterocycles. The first-order valence-corrected chi connectivity index (χ1v) is 6.76. The smallest absolute Gasteiger partial charge is 0.313 e. The lowest BCUT2D eigenvalue weighted by molar-refractivity contribution is -0.136. The molecule has 5 nitrogen and oxygen atoms in total. The topological polar surface area (TPSA) is 54.0 Å². The molecule has 0 atom stereocenters. The lowest BCUT2D eigenvalue weighted by atomic mass is 10.2. The normalized spacial score (nSPS) is 10.9.